The van der Waals surface area contributed by atoms with E-state index in [-0.39, 0.29) is 11.6 Å². The van der Waals surface area contributed by atoms with E-state index in [0.29, 0.717) is 29.5 Å². The van der Waals surface area contributed by atoms with E-state index in [1.165, 1.54) is 6.07 Å². The van der Waals surface area contributed by atoms with E-state index >= 15 is 0 Å². The Labute approximate surface area is 207 Å². The molecule has 0 aliphatic carbocycles. The van der Waals surface area contributed by atoms with Gasteiger partial charge in [-0.2, -0.15) is 5.10 Å². The Kier molecular flexibility index (Phi) is 12.0. The van der Waals surface area contributed by atoms with Crippen molar-refractivity contribution in [3.63, 3.8) is 0 Å². The molecule has 2 aromatic rings. The zero-order valence-electron chi connectivity index (χ0n) is 21.2. The molecule has 1 aliphatic rings. The van der Waals surface area contributed by atoms with Crippen molar-refractivity contribution in [2.75, 3.05) is 25.2 Å². The number of methoxy groups -OCH3 is 1. The Bertz CT molecular complexity index is 954. The number of aromatic nitrogens is 2. The molecule has 1 aromatic heterocycles. The van der Waals surface area contributed by atoms with Gasteiger partial charge in [0.1, 0.15) is 11.4 Å². The summed E-state index contributed by atoms with van der Waals surface area (Å²) in [4.78, 5) is 35.3. The van der Waals surface area contributed by atoms with E-state index in [1.807, 2.05) is 33.8 Å². The SMILES string of the molecule is CC(C)CCNC=O.CCOC.Cc1ccc(Cl)cc1N1C(=O)c2cc(C=O)nn2CC1(C)C. The number of aryl methyl sites for hydroxylation is 1. The molecular weight excluding hydrogens is 456 g/mol. The topological polar surface area (TPSA) is 93.5 Å². The number of carbonyl (C=O) groups is 3. The van der Waals surface area contributed by atoms with Gasteiger partial charge >= 0.3 is 0 Å². The molecule has 2 heterocycles. The molecule has 3 rings (SSSR count). The quantitative estimate of drug-likeness (QED) is 0.452. The Morgan fingerprint density at radius 1 is 1.26 bits per heavy atom. The molecule has 0 radical (unpaired) electrons. The molecule has 0 saturated heterocycles. The van der Waals surface area contributed by atoms with Crippen molar-refractivity contribution in [3.05, 3.63) is 46.2 Å². The molecule has 1 aliphatic heterocycles. The van der Waals surface area contributed by atoms with Gasteiger partial charge in [-0.3, -0.25) is 24.0 Å². The van der Waals surface area contributed by atoms with E-state index < -0.39 is 5.54 Å². The maximum atomic E-state index is 12.9. The number of nitrogens with one attached hydrogen (secondary N) is 1. The van der Waals surface area contributed by atoms with Crippen LogP contribution in [0.4, 0.5) is 5.69 Å². The number of benzene rings is 1. The van der Waals surface area contributed by atoms with Gasteiger partial charge in [-0.1, -0.05) is 31.5 Å². The predicted octanol–water partition coefficient (Wildman–Crippen LogP) is 4.53. The fourth-order valence-corrected chi connectivity index (χ4v) is 3.47. The lowest BCUT2D eigenvalue weighted by atomic mass is 9.97. The number of ether oxygens (including phenoxy) is 1. The summed E-state index contributed by atoms with van der Waals surface area (Å²) in [5, 5.41) is 7.34. The summed E-state index contributed by atoms with van der Waals surface area (Å²) < 4.78 is 6.14. The number of hydrogen-bond acceptors (Lipinski definition) is 5. The van der Waals surface area contributed by atoms with Crippen molar-refractivity contribution in [3.8, 4) is 0 Å². The van der Waals surface area contributed by atoms with E-state index in [2.05, 4.69) is 29.0 Å². The number of halogens is 1. The summed E-state index contributed by atoms with van der Waals surface area (Å²) in [5.74, 6) is 0.504. The van der Waals surface area contributed by atoms with Gasteiger partial charge in [0.05, 0.1) is 12.1 Å². The highest BCUT2D eigenvalue weighted by Gasteiger charge is 2.40. The smallest absolute Gasteiger partial charge is 0.277 e. The molecule has 1 N–H and O–H groups in total. The van der Waals surface area contributed by atoms with E-state index in [9.17, 15) is 14.4 Å². The van der Waals surface area contributed by atoms with Crippen LogP contribution in [-0.4, -0.2) is 54.2 Å². The molecule has 0 bridgehead atoms. The van der Waals surface area contributed by atoms with Crippen molar-refractivity contribution in [1.29, 1.82) is 0 Å². The monoisotopic (exact) mass is 492 g/mol. The summed E-state index contributed by atoms with van der Waals surface area (Å²) in [7, 11) is 1.68. The summed E-state index contributed by atoms with van der Waals surface area (Å²) in [6.45, 7) is 14.2. The number of hydrogen-bond donors (Lipinski definition) is 1. The zero-order valence-corrected chi connectivity index (χ0v) is 22.0. The van der Waals surface area contributed by atoms with Crippen LogP contribution in [0.2, 0.25) is 5.02 Å². The van der Waals surface area contributed by atoms with Gasteiger partial charge in [0.15, 0.2) is 6.29 Å². The third-order valence-electron chi connectivity index (χ3n) is 5.13. The van der Waals surface area contributed by atoms with Gasteiger partial charge in [0.2, 0.25) is 6.41 Å². The molecule has 0 unspecified atom stereocenters. The molecule has 188 valence electrons. The van der Waals surface area contributed by atoms with E-state index in [4.69, 9.17) is 11.6 Å². The van der Waals surface area contributed by atoms with Crippen molar-refractivity contribution in [1.82, 2.24) is 15.1 Å². The first kappa shape index (κ1) is 29.3. The number of amides is 2. The van der Waals surface area contributed by atoms with Crippen LogP contribution in [0.25, 0.3) is 0 Å². The van der Waals surface area contributed by atoms with Gasteiger partial charge in [0, 0.05) is 31.0 Å². The highest BCUT2D eigenvalue weighted by Crippen LogP contribution is 2.35. The summed E-state index contributed by atoms with van der Waals surface area (Å²) in [6, 6.07) is 7.01. The molecule has 0 spiro atoms. The first-order chi connectivity index (χ1) is 16.0. The summed E-state index contributed by atoms with van der Waals surface area (Å²) in [5.41, 5.74) is 1.95. The maximum Gasteiger partial charge on any atom is 0.277 e. The van der Waals surface area contributed by atoms with Crippen LogP contribution in [-0.2, 0) is 16.1 Å². The van der Waals surface area contributed by atoms with Crippen LogP contribution in [0.5, 0.6) is 0 Å². The molecule has 0 saturated carbocycles. The van der Waals surface area contributed by atoms with Gasteiger partial charge in [-0.15, -0.1) is 0 Å². The molecule has 8 nitrogen and oxygen atoms in total. The molecule has 0 atom stereocenters. The maximum absolute atomic E-state index is 12.9. The number of nitrogens with zero attached hydrogens (tertiary/aromatic N) is 3. The number of fused-ring (bicyclic) bond motifs is 1. The average Bonchev–Trinajstić information content (AvgIpc) is 3.19. The standard InChI is InChI=1S/C16H16ClN3O2.C6H13NO.C3H8O/c1-10-4-5-11(17)6-13(10)20-15(22)14-7-12(8-21)18-19(14)9-16(20,2)3;1-6(2)3-4-7-5-8;1-3-4-2/h4-8H,9H2,1-3H3;5-6H,3-4H2,1-2H3,(H,7,8);3H2,1-2H3. The molecule has 1 aromatic carbocycles. The molecular formula is C25H37ClN4O4. The normalized spacial score (nSPS) is 13.8. The van der Waals surface area contributed by atoms with Gasteiger partial charge in [-0.05, 0) is 63.8 Å². The first-order valence-electron chi connectivity index (χ1n) is 11.3. The first-order valence-corrected chi connectivity index (χ1v) is 11.7. The number of carbonyl (C=O) groups excluding carboxylic acids is 3. The summed E-state index contributed by atoms with van der Waals surface area (Å²) >= 11 is 6.10. The van der Waals surface area contributed by atoms with Crippen molar-refractivity contribution >= 4 is 35.9 Å². The van der Waals surface area contributed by atoms with E-state index in [0.717, 1.165) is 37.2 Å². The highest BCUT2D eigenvalue weighted by molar-refractivity contribution is 6.31. The van der Waals surface area contributed by atoms with Crippen molar-refractivity contribution in [2.45, 2.75) is 60.0 Å². The molecule has 34 heavy (non-hydrogen) atoms. The third kappa shape index (κ3) is 8.25. The second kappa shape index (κ2) is 13.9. The molecule has 9 heteroatoms. The van der Waals surface area contributed by atoms with Gasteiger partial charge in [0.25, 0.3) is 5.91 Å². The van der Waals surface area contributed by atoms with Gasteiger partial charge < -0.3 is 10.1 Å². The second-order valence-electron chi connectivity index (χ2n) is 8.95. The van der Waals surface area contributed by atoms with Gasteiger partial charge in [-0.25, -0.2) is 0 Å². The van der Waals surface area contributed by atoms with Crippen LogP contribution in [0.15, 0.2) is 24.3 Å². The molecule has 2 amide bonds. The predicted molar refractivity (Wildman–Crippen MR) is 136 cm³/mol. The number of rotatable bonds is 7. The minimum Gasteiger partial charge on any atom is -0.385 e. The molecule has 0 fully saturated rings. The van der Waals surface area contributed by atoms with Crippen molar-refractivity contribution < 1.29 is 19.1 Å². The minimum absolute atomic E-state index is 0.179. The Morgan fingerprint density at radius 3 is 2.44 bits per heavy atom. The van der Waals surface area contributed by atoms with Crippen LogP contribution in [0, 0.1) is 12.8 Å². The fraction of sp³-hybridized carbons (Fsp3) is 0.520. The number of anilines is 1. The zero-order chi connectivity index (χ0) is 25.9. The van der Waals surface area contributed by atoms with Crippen LogP contribution in [0.3, 0.4) is 0 Å². The third-order valence-corrected chi connectivity index (χ3v) is 5.37. The average molecular weight is 493 g/mol. The largest absolute Gasteiger partial charge is 0.385 e. The van der Waals surface area contributed by atoms with Crippen LogP contribution in [0.1, 0.15) is 67.6 Å². The Morgan fingerprint density at radius 2 is 1.91 bits per heavy atom. The fourth-order valence-electron chi connectivity index (χ4n) is 3.30. The second-order valence-corrected chi connectivity index (χ2v) is 9.38. The summed E-state index contributed by atoms with van der Waals surface area (Å²) in [6.07, 6.45) is 2.46. The lowest BCUT2D eigenvalue weighted by molar-refractivity contribution is -0.109. The van der Waals surface area contributed by atoms with E-state index in [1.54, 1.807) is 28.8 Å². The van der Waals surface area contributed by atoms with Crippen LogP contribution >= 0.6 is 11.6 Å². The lowest BCUT2D eigenvalue weighted by Gasteiger charge is -2.42. The number of aldehydes is 1. The minimum atomic E-state index is -0.480. The van der Waals surface area contributed by atoms with Crippen LogP contribution < -0.4 is 10.2 Å². The highest BCUT2D eigenvalue weighted by atomic mass is 35.5. The van der Waals surface area contributed by atoms with Crippen molar-refractivity contribution in [2.24, 2.45) is 5.92 Å². The Hall–Kier alpha value is -2.71. The Balaban J connectivity index is 0.000000403. The lowest BCUT2D eigenvalue weighted by Crippen LogP contribution is -2.55.